The smallest absolute Gasteiger partial charge is 0.113 e. The van der Waals surface area contributed by atoms with Gasteiger partial charge in [0.1, 0.15) is 11.0 Å². The summed E-state index contributed by atoms with van der Waals surface area (Å²) >= 11 is 1.29. The molecule has 0 spiro atoms. The van der Waals surface area contributed by atoms with Crippen molar-refractivity contribution in [1.82, 2.24) is 8.75 Å². The van der Waals surface area contributed by atoms with E-state index in [9.17, 15) is 0 Å². The standard InChI is InChI=1S/C26H14N2S/c1-2-4-20-15(3-1)5-6-16-7-8-17-9-10-18-11-12-19-13-14-21-26(28-29-27-21)25(19)24(18)23(17)22(16)20/h1-14H. The Hall–Kier alpha value is -3.56. The third kappa shape index (κ3) is 2.00. The molecule has 7 rings (SSSR count). The molecule has 134 valence electrons. The van der Waals surface area contributed by atoms with Gasteiger partial charge in [0.2, 0.25) is 0 Å². The molecule has 0 radical (unpaired) electrons. The molecule has 0 saturated carbocycles. The van der Waals surface area contributed by atoms with E-state index in [1.54, 1.807) is 0 Å². The second-order valence-electron chi connectivity index (χ2n) is 7.57. The molecule has 0 saturated heterocycles. The molecule has 1 heterocycles. The third-order valence-electron chi connectivity index (χ3n) is 6.08. The minimum atomic E-state index is 0.970. The number of rotatable bonds is 0. The Morgan fingerprint density at radius 3 is 1.76 bits per heavy atom. The largest absolute Gasteiger partial charge is 0.173 e. The van der Waals surface area contributed by atoms with Gasteiger partial charge in [0.05, 0.1) is 11.7 Å². The molecule has 3 heteroatoms. The number of hydrogen-bond donors (Lipinski definition) is 0. The van der Waals surface area contributed by atoms with Gasteiger partial charge in [0.15, 0.2) is 0 Å². The summed E-state index contributed by atoms with van der Waals surface area (Å²) in [5.41, 5.74) is 1.97. The van der Waals surface area contributed by atoms with Crippen molar-refractivity contribution in [2.45, 2.75) is 0 Å². The Morgan fingerprint density at radius 2 is 1.00 bits per heavy atom. The van der Waals surface area contributed by atoms with E-state index in [0.717, 1.165) is 11.0 Å². The summed E-state index contributed by atoms with van der Waals surface area (Å²) in [4.78, 5) is 0. The average Bonchev–Trinajstić information content (AvgIpc) is 3.27. The van der Waals surface area contributed by atoms with Crippen molar-refractivity contribution in [2.75, 3.05) is 0 Å². The first-order chi connectivity index (χ1) is 14.4. The maximum Gasteiger partial charge on any atom is 0.113 e. The third-order valence-corrected chi connectivity index (χ3v) is 6.62. The fourth-order valence-corrected chi connectivity index (χ4v) is 5.33. The van der Waals surface area contributed by atoms with Gasteiger partial charge in [0, 0.05) is 10.8 Å². The van der Waals surface area contributed by atoms with Gasteiger partial charge in [-0.3, -0.25) is 0 Å². The molecule has 0 bridgehead atoms. The summed E-state index contributed by atoms with van der Waals surface area (Å²) < 4.78 is 9.18. The van der Waals surface area contributed by atoms with Crippen LogP contribution in [0.2, 0.25) is 0 Å². The van der Waals surface area contributed by atoms with Crippen LogP contribution in [0.1, 0.15) is 0 Å². The van der Waals surface area contributed by atoms with Gasteiger partial charge in [-0.2, -0.15) is 8.75 Å². The lowest BCUT2D eigenvalue weighted by atomic mass is 9.90. The van der Waals surface area contributed by atoms with Crippen LogP contribution in [0.15, 0.2) is 84.9 Å². The summed E-state index contributed by atoms with van der Waals surface area (Å²) in [5, 5.41) is 12.7. The number of fused-ring (bicyclic) bond motifs is 11. The zero-order valence-corrected chi connectivity index (χ0v) is 16.2. The molecule has 0 aliphatic rings. The molecule has 0 amide bonds. The minimum absolute atomic E-state index is 0.970. The first-order valence-corrected chi connectivity index (χ1v) is 10.4. The summed E-state index contributed by atoms with van der Waals surface area (Å²) in [6, 6.07) is 30.7. The molecular formula is C26H14N2S. The highest BCUT2D eigenvalue weighted by molar-refractivity contribution is 7.00. The summed E-state index contributed by atoms with van der Waals surface area (Å²) in [5.74, 6) is 0. The highest BCUT2D eigenvalue weighted by atomic mass is 32.1. The van der Waals surface area contributed by atoms with E-state index in [1.165, 1.54) is 65.6 Å². The summed E-state index contributed by atoms with van der Waals surface area (Å²) in [7, 11) is 0. The van der Waals surface area contributed by atoms with Crippen LogP contribution in [0.4, 0.5) is 0 Å². The number of hydrogen-bond acceptors (Lipinski definition) is 3. The predicted molar refractivity (Wildman–Crippen MR) is 125 cm³/mol. The van der Waals surface area contributed by atoms with Gasteiger partial charge in [-0.15, -0.1) is 0 Å². The van der Waals surface area contributed by atoms with Crippen LogP contribution in [-0.4, -0.2) is 8.75 Å². The lowest BCUT2D eigenvalue weighted by Gasteiger charge is -2.13. The van der Waals surface area contributed by atoms with Gasteiger partial charge in [-0.25, -0.2) is 0 Å². The number of nitrogens with zero attached hydrogens (tertiary/aromatic N) is 2. The Balaban J connectivity index is 1.91. The van der Waals surface area contributed by atoms with E-state index in [-0.39, 0.29) is 0 Å². The highest BCUT2D eigenvalue weighted by Crippen LogP contribution is 2.40. The van der Waals surface area contributed by atoms with Crippen LogP contribution in [0.25, 0.3) is 64.9 Å². The lowest BCUT2D eigenvalue weighted by molar-refractivity contribution is 1.68. The fourth-order valence-electron chi connectivity index (χ4n) is 4.79. The Labute approximate surface area is 170 Å². The molecule has 0 N–H and O–H groups in total. The van der Waals surface area contributed by atoms with Gasteiger partial charge in [-0.1, -0.05) is 78.9 Å². The van der Waals surface area contributed by atoms with Crippen molar-refractivity contribution < 1.29 is 0 Å². The first kappa shape index (κ1) is 15.4. The first-order valence-electron chi connectivity index (χ1n) is 9.69. The molecule has 0 aliphatic heterocycles. The summed E-state index contributed by atoms with van der Waals surface area (Å²) in [6.07, 6.45) is 0. The highest BCUT2D eigenvalue weighted by Gasteiger charge is 2.14. The second-order valence-corrected chi connectivity index (χ2v) is 8.10. The molecule has 0 fully saturated rings. The van der Waals surface area contributed by atoms with Crippen LogP contribution in [0.3, 0.4) is 0 Å². The molecule has 0 atom stereocenters. The minimum Gasteiger partial charge on any atom is -0.173 e. The van der Waals surface area contributed by atoms with Gasteiger partial charge in [-0.05, 0) is 49.2 Å². The van der Waals surface area contributed by atoms with Crippen LogP contribution in [-0.2, 0) is 0 Å². The van der Waals surface area contributed by atoms with Crippen molar-refractivity contribution in [3.63, 3.8) is 0 Å². The van der Waals surface area contributed by atoms with E-state index in [2.05, 4.69) is 93.7 Å². The van der Waals surface area contributed by atoms with Crippen molar-refractivity contribution in [1.29, 1.82) is 0 Å². The molecule has 2 nitrogen and oxygen atoms in total. The van der Waals surface area contributed by atoms with Crippen molar-refractivity contribution in [2.24, 2.45) is 0 Å². The molecule has 7 aromatic rings. The quantitative estimate of drug-likeness (QED) is 0.253. The molecule has 0 aliphatic carbocycles. The molecule has 29 heavy (non-hydrogen) atoms. The maximum absolute atomic E-state index is 4.68. The Bertz CT molecular complexity index is 1750. The molecule has 6 aromatic carbocycles. The van der Waals surface area contributed by atoms with Crippen LogP contribution in [0, 0.1) is 0 Å². The topological polar surface area (TPSA) is 25.8 Å². The van der Waals surface area contributed by atoms with Crippen LogP contribution in [0.5, 0.6) is 0 Å². The molecule has 0 unspecified atom stereocenters. The SMILES string of the molecule is c1ccc2c(c1)ccc1ccc3ccc4ccc5ccc6nsnc6c5c4c3c12. The number of aromatic nitrogens is 2. The predicted octanol–water partition coefficient (Wildman–Crippen LogP) is 7.46. The van der Waals surface area contributed by atoms with Crippen molar-refractivity contribution in [3.05, 3.63) is 84.9 Å². The van der Waals surface area contributed by atoms with Crippen molar-refractivity contribution >= 4 is 76.6 Å². The van der Waals surface area contributed by atoms with Gasteiger partial charge in [0.25, 0.3) is 0 Å². The zero-order valence-electron chi connectivity index (χ0n) is 15.4. The zero-order chi connectivity index (χ0) is 18.9. The average molecular weight is 386 g/mol. The lowest BCUT2D eigenvalue weighted by Crippen LogP contribution is -1.86. The second kappa shape index (κ2) is 5.49. The Morgan fingerprint density at radius 1 is 0.448 bits per heavy atom. The van der Waals surface area contributed by atoms with Crippen molar-refractivity contribution in [3.8, 4) is 0 Å². The number of benzene rings is 6. The van der Waals surface area contributed by atoms with E-state index >= 15 is 0 Å². The van der Waals surface area contributed by atoms with Crippen LogP contribution >= 0.6 is 11.7 Å². The van der Waals surface area contributed by atoms with Gasteiger partial charge >= 0.3 is 0 Å². The molecular weight excluding hydrogens is 372 g/mol. The normalized spacial score (nSPS) is 12.1. The van der Waals surface area contributed by atoms with E-state index in [1.807, 2.05) is 0 Å². The van der Waals surface area contributed by atoms with E-state index < -0.39 is 0 Å². The summed E-state index contributed by atoms with van der Waals surface area (Å²) in [6.45, 7) is 0. The Kier molecular flexibility index (Phi) is 2.91. The maximum atomic E-state index is 4.68. The molecule has 1 aromatic heterocycles. The van der Waals surface area contributed by atoms with E-state index in [0.29, 0.717) is 0 Å². The van der Waals surface area contributed by atoms with Gasteiger partial charge < -0.3 is 0 Å². The monoisotopic (exact) mass is 386 g/mol. The van der Waals surface area contributed by atoms with Crippen LogP contribution < -0.4 is 0 Å². The van der Waals surface area contributed by atoms with E-state index in [4.69, 9.17) is 0 Å². The fraction of sp³-hybridized carbons (Fsp3) is 0.